The molecular formula is C15H15NO2. The zero-order chi connectivity index (χ0) is 13.0. The molecule has 0 amide bonds. The fourth-order valence-electron chi connectivity index (χ4n) is 2.06. The van der Waals surface area contributed by atoms with E-state index in [4.69, 9.17) is 10.8 Å². The number of nitrogens with two attached hydrogens (primary N) is 1. The van der Waals surface area contributed by atoms with Crippen molar-refractivity contribution < 1.29 is 9.90 Å². The predicted octanol–water partition coefficient (Wildman–Crippen LogP) is 2.44. The summed E-state index contributed by atoms with van der Waals surface area (Å²) in [6, 6.07) is 15.4. The normalized spacial score (nSPS) is 10.3. The lowest BCUT2D eigenvalue weighted by Gasteiger charge is -2.11. The van der Waals surface area contributed by atoms with Crippen molar-refractivity contribution in [2.45, 2.75) is 13.0 Å². The molecule has 92 valence electrons. The summed E-state index contributed by atoms with van der Waals surface area (Å²) in [4.78, 5) is 10.9. The Kier molecular flexibility index (Phi) is 3.75. The van der Waals surface area contributed by atoms with Gasteiger partial charge in [0.1, 0.15) is 0 Å². The first-order chi connectivity index (χ1) is 8.72. The first kappa shape index (κ1) is 12.3. The van der Waals surface area contributed by atoms with Crippen LogP contribution in [0.1, 0.15) is 11.1 Å². The van der Waals surface area contributed by atoms with Gasteiger partial charge >= 0.3 is 5.97 Å². The third-order valence-corrected chi connectivity index (χ3v) is 2.89. The molecular weight excluding hydrogens is 226 g/mol. The quantitative estimate of drug-likeness (QED) is 0.864. The molecule has 0 saturated heterocycles. The molecule has 0 fully saturated rings. The Hall–Kier alpha value is -2.13. The van der Waals surface area contributed by atoms with Gasteiger partial charge in [-0.3, -0.25) is 4.79 Å². The second-order valence-electron chi connectivity index (χ2n) is 4.09. The van der Waals surface area contributed by atoms with E-state index in [1.165, 1.54) is 0 Å². The van der Waals surface area contributed by atoms with Gasteiger partial charge in [0.05, 0.1) is 6.42 Å². The van der Waals surface area contributed by atoms with E-state index in [1.807, 2.05) is 48.5 Å². The minimum absolute atomic E-state index is 0.0229. The molecule has 0 aliphatic rings. The van der Waals surface area contributed by atoms with Gasteiger partial charge in [-0.05, 0) is 22.3 Å². The number of hydrogen-bond acceptors (Lipinski definition) is 2. The summed E-state index contributed by atoms with van der Waals surface area (Å²) in [6.45, 7) is 0.442. The van der Waals surface area contributed by atoms with Gasteiger partial charge < -0.3 is 10.8 Å². The minimum atomic E-state index is -0.826. The number of carbonyl (C=O) groups is 1. The Balaban J connectivity index is 2.53. The van der Waals surface area contributed by atoms with Crippen LogP contribution in [0.2, 0.25) is 0 Å². The van der Waals surface area contributed by atoms with Crippen molar-refractivity contribution in [1.29, 1.82) is 0 Å². The molecule has 0 atom stereocenters. The van der Waals surface area contributed by atoms with Crippen molar-refractivity contribution >= 4 is 5.97 Å². The fourth-order valence-corrected chi connectivity index (χ4v) is 2.06. The summed E-state index contributed by atoms with van der Waals surface area (Å²) < 4.78 is 0. The Labute approximate surface area is 106 Å². The van der Waals surface area contributed by atoms with Gasteiger partial charge in [0.2, 0.25) is 0 Å². The van der Waals surface area contributed by atoms with Gasteiger partial charge in [0.15, 0.2) is 0 Å². The molecule has 3 N–H and O–H groups in total. The minimum Gasteiger partial charge on any atom is -0.481 e. The van der Waals surface area contributed by atoms with Crippen LogP contribution >= 0.6 is 0 Å². The highest BCUT2D eigenvalue weighted by Crippen LogP contribution is 2.27. The van der Waals surface area contributed by atoms with Crippen molar-refractivity contribution in [3.8, 4) is 11.1 Å². The van der Waals surface area contributed by atoms with Crippen molar-refractivity contribution in [2.24, 2.45) is 5.73 Å². The molecule has 0 spiro atoms. The second kappa shape index (κ2) is 5.47. The van der Waals surface area contributed by atoms with Gasteiger partial charge in [0.25, 0.3) is 0 Å². The van der Waals surface area contributed by atoms with Gasteiger partial charge in [-0.25, -0.2) is 0 Å². The average molecular weight is 241 g/mol. The summed E-state index contributed by atoms with van der Waals surface area (Å²) >= 11 is 0. The maximum absolute atomic E-state index is 10.9. The summed E-state index contributed by atoms with van der Waals surface area (Å²) in [5, 5.41) is 8.94. The average Bonchev–Trinajstić information content (AvgIpc) is 2.39. The topological polar surface area (TPSA) is 63.3 Å². The highest BCUT2D eigenvalue weighted by molar-refractivity contribution is 5.77. The highest BCUT2D eigenvalue weighted by Gasteiger charge is 2.10. The van der Waals surface area contributed by atoms with Crippen LogP contribution < -0.4 is 5.73 Å². The number of benzene rings is 2. The summed E-state index contributed by atoms with van der Waals surface area (Å²) in [5.74, 6) is -0.826. The molecule has 0 unspecified atom stereocenters. The lowest BCUT2D eigenvalue weighted by Crippen LogP contribution is -2.04. The smallest absolute Gasteiger partial charge is 0.307 e. The molecule has 0 aliphatic carbocycles. The predicted molar refractivity (Wildman–Crippen MR) is 71.1 cm³/mol. The van der Waals surface area contributed by atoms with Crippen LogP contribution in [-0.4, -0.2) is 11.1 Å². The number of rotatable bonds is 4. The molecule has 0 saturated carbocycles. The van der Waals surface area contributed by atoms with E-state index in [0.717, 1.165) is 22.3 Å². The zero-order valence-electron chi connectivity index (χ0n) is 9.97. The van der Waals surface area contributed by atoms with Crippen LogP contribution in [0.4, 0.5) is 0 Å². The summed E-state index contributed by atoms with van der Waals surface area (Å²) in [5.41, 5.74) is 9.51. The van der Waals surface area contributed by atoms with Crippen molar-refractivity contribution in [3.05, 3.63) is 59.7 Å². The maximum atomic E-state index is 10.9. The maximum Gasteiger partial charge on any atom is 0.307 e. The third-order valence-electron chi connectivity index (χ3n) is 2.89. The van der Waals surface area contributed by atoms with Gasteiger partial charge in [-0.15, -0.1) is 0 Å². The standard InChI is InChI=1S/C15H15NO2/c16-10-12-6-2-4-8-14(12)13-7-3-1-5-11(13)9-15(17)18/h1-8H,9-10,16H2,(H,17,18). The molecule has 0 heterocycles. The molecule has 18 heavy (non-hydrogen) atoms. The van der Waals surface area contributed by atoms with E-state index in [9.17, 15) is 4.79 Å². The zero-order valence-corrected chi connectivity index (χ0v) is 9.97. The molecule has 2 rings (SSSR count). The SMILES string of the molecule is NCc1ccccc1-c1ccccc1CC(=O)O. The first-order valence-corrected chi connectivity index (χ1v) is 5.80. The number of hydrogen-bond donors (Lipinski definition) is 2. The third kappa shape index (κ3) is 2.57. The Morgan fingerprint density at radius 1 is 0.944 bits per heavy atom. The van der Waals surface area contributed by atoms with Crippen LogP contribution in [0, 0.1) is 0 Å². The van der Waals surface area contributed by atoms with Crippen LogP contribution in [0.5, 0.6) is 0 Å². The molecule has 2 aromatic rings. The van der Waals surface area contributed by atoms with Crippen LogP contribution in [0.3, 0.4) is 0 Å². The van der Waals surface area contributed by atoms with E-state index >= 15 is 0 Å². The highest BCUT2D eigenvalue weighted by atomic mass is 16.4. The van der Waals surface area contributed by atoms with E-state index in [-0.39, 0.29) is 6.42 Å². The summed E-state index contributed by atoms with van der Waals surface area (Å²) in [7, 11) is 0. The van der Waals surface area contributed by atoms with E-state index in [0.29, 0.717) is 6.54 Å². The van der Waals surface area contributed by atoms with Gasteiger partial charge in [-0.1, -0.05) is 48.5 Å². The Morgan fingerprint density at radius 3 is 2.00 bits per heavy atom. The van der Waals surface area contributed by atoms with Crippen LogP contribution in [0.25, 0.3) is 11.1 Å². The number of aliphatic carboxylic acids is 1. The monoisotopic (exact) mass is 241 g/mol. The Bertz CT molecular complexity index is 564. The largest absolute Gasteiger partial charge is 0.481 e. The van der Waals surface area contributed by atoms with Crippen molar-refractivity contribution in [3.63, 3.8) is 0 Å². The fraction of sp³-hybridized carbons (Fsp3) is 0.133. The number of carboxylic acid groups (broad SMARTS) is 1. The summed E-state index contributed by atoms with van der Waals surface area (Å²) in [6.07, 6.45) is 0.0229. The molecule has 3 nitrogen and oxygen atoms in total. The first-order valence-electron chi connectivity index (χ1n) is 5.80. The van der Waals surface area contributed by atoms with E-state index in [1.54, 1.807) is 0 Å². The van der Waals surface area contributed by atoms with Crippen molar-refractivity contribution in [2.75, 3.05) is 0 Å². The van der Waals surface area contributed by atoms with Gasteiger partial charge in [0, 0.05) is 6.54 Å². The van der Waals surface area contributed by atoms with Gasteiger partial charge in [-0.2, -0.15) is 0 Å². The lowest BCUT2D eigenvalue weighted by atomic mass is 9.94. The molecule has 0 aromatic heterocycles. The molecule has 3 heteroatoms. The Morgan fingerprint density at radius 2 is 1.44 bits per heavy atom. The van der Waals surface area contributed by atoms with Crippen molar-refractivity contribution in [1.82, 2.24) is 0 Å². The van der Waals surface area contributed by atoms with E-state index in [2.05, 4.69) is 0 Å². The van der Waals surface area contributed by atoms with Crippen LogP contribution in [0.15, 0.2) is 48.5 Å². The molecule has 0 bridgehead atoms. The van der Waals surface area contributed by atoms with E-state index < -0.39 is 5.97 Å². The molecule has 0 radical (unpaired) electrons. The molecule has 0 aliphatic heterocycles. The molecule has 2 aromatic carbocycles. The second-order valence-corrected chi connectivity index (χ2v) is 4.09. The van der Waals surface area contributed by atoms with Crippen LogP contribution in [-0.2, 0) is 17.8 Å². The lowest BCUT2D eigenvalue weighted by molar-refractivity contribution is -0.136. The number of carboxylic acids is 1.